The summed E-state index contributed by atoms with van der Waals surface area (Å²) in [6.45, 7) is 3.78. The molecule has 0 unspecified atom stereocenters. The van der Waals surface area contributed by atoms with Crippen molar-refractivity contribution in [2.75, 3.05) is 18.8 Å². The van der Waals surface area contributed by atoms with Crippen LogP contribution in [-0.2, 0) is 10.8 Å². The van der Waals surface area contributed by atoms with E-state index >= 15 is 0 Å². The van der Waals surface area contributed by atoms with Crippen LogP contribution in [0.15, 0.2) is 11.4 Å². The Kier molecular flexibility index (Phi) is 3.89. The first-order valence-corrected chi connectivity index (χ1v) is 6.94. The number of rotatable bonds is 3. The smallest absolute Gasteiger partial charge is 0.219 e. The predicted molar refractivity (Wildman–Crippen MR) is 64.0 cm³/mol. The zero-order valence-electron chi connectivity index (χ0n) is 9.07. The van der Waals surface area contributed by atoms with Gasteiger partial charge < -0.3 is 5.32 Å². The highest BCUT2D eigenvalue weighted by Crippen LogP contribution is 2.15. The summed E-state index contributed by atoms with van der Waals surface area (Å²) < 4.78 is 12.0. The van der Waals surface area contributed by atoms with Gasteiger partial charge in [0.05, 0.1) is 10.8 Å². The standard InChI is InChI=1S/C10H14ClN3OS/c1-7-4-13-10(14-9(7)11)16(15)6-8-2-3-12-5-8/h4,8,12H,2-3,5-6H2,1H3/t8-,16+/m0/s1. The van der Waals surface area contributed by atoms with Gasteiger partial charge in [-0.25, -0.2) is 9.97 Å². The van der Waals surface area contributed by atoms with Crippen molar-refractivity contribution in [2.45, 2.75) is 18.5 Å². The third-order valence-electron chi connectivity index (χ3n) is 2.64. The molecule has 0 aliphatic carbocycles. The third kappa shape index (κ3) is 2.78. The highest BCUT2D eigenvalue weighted by molar-refractivity contribution is 7.84. The van der Waals surface area contributed by atoms with Crippen molar-refractivity contribution in [3.05, 3.63) is 16.9 Å². The van der Waals surface area contributed by atoms with Gasteiger partial charge in [0.25, 0.3) is 0 Å². The van der Waals surface area contributed by atoms with Crippen molar-refractivity contribution in [3.8, 4) is 0 Å². The summed E-state index contributed by atoms with van der Waals surface area (Å²) in [5.74, 6) is 1.08. The van der Waals surface area contributed by atoms with E-state index in [1.807, 2.05) is 6.92 Å². The monoisotopic (exact) mass is 259 g/mol. The van der Waals surface area contributed by atoms with E-state index < -0.39 is 10.8 Å². The zero-order valence-corrected chi connectivity index (χ0v) is 10.6. The van der Waals surface area contributed by atoms with Gasteiger partial charge in [-0.2, -0.15) is 0 Å². The molecule has 1 aromatic heterocycles. The van der Waals surface area contributed by atoms with E-state index in [1.54, 1.807) is 6.20 Å². The van der Waals surface area contributed by atoms with Crippen molar-refractivity contribution in [3.63, 3.8) is 0 Å². The molecule has 0 radical (unpaired) electrons. The quantitative estimate of drug-likeness (QED) is 0.654. The van der Waals surface area contributed by atoms with Gasteiger partial charge in [-0.05, 0) is 32.4 Å². The number of hydrogen-bond donors (Lipinski definition) is 1. The van der Waals surface area contributed by atoms with Gasteiger partial charge in [0.15, 0.2) is 0 Å². The number of nitrogens with one attached hydrogen (secondary N) is 1. The Hall–Kier alpha value is -0.520. The summed E-state index contributed by atoms with van der Waals surface area (Å²) >= 11 is 5.88. The molecule has 1 aliphatic rings. The van der Waals surface area contributed by atoms with Crippen molar-refractivity contribution >= 4 is 22.4 Å². The van der Waals surface area contributed by atoms with Crippen LogP contribution < -0.4 is 5.32 Å². The van der Waals surface area contributed by atoms with E-state index in [4.69, 9.17) is 11.6 Å². The van der Waals surface area contributed by atoms with E-state index in [9.17, 15) is 4.21 Å². The zero-order chi connectivity index (χ0) is 11.5. The van der Waals surface area contributed by atoms with Crippen molar-refractivity contribution < 1.29 is 4.21 Å². The van der Waals surface area contributed by atoms with Crippen molar-refractivity contribution in [1.29, 1.82) is 0 Å². The Morgan fingerprint density at radius 2 is 2.50 bits per heavy atom. The van der Waals surface area contributed by atoms with E-state index in [0.29, 0.717) is 22.0 Å². The lowest BCUT2D eigenvalue weighted by atomic mass is 10.2. The first kappa shape index (κ1) is 12.0. The Labute approximate surface area is 102 Å². The molecule has 4 nitrogen and oxygen atoms in total. The van der Waals surface area contributed by atoms with Gasteiger partial charge in [0, 0.05) is 17.5 Å². The molecule has 2 heterocycles. The molecule has 88 valence electrons. The van der Waals surface area contributed by atoms with E-state index in [0.717, 1.165) is 25.1 Å². The molecule has 0 amide bonds. The minimum Gasteiger partial charge on any atom is -0.316 e. The topological polar surface area (TPSA) is 54.9 Å². The number of nitrogens with zero attached hydrogens (tertiary/aromatic N) is 2. The maximum Gasteiger partial charge on any atom is 0.219 e. The van der Waals surface area contributed by atoms with E-state index in [2.05, 4.69) is 15.3 Å². The lowest BCUT2D eigenvalue weighted by Crippen LogP contribution is -2.16. The number of aryl methyl sites for hydroxylation is 1. The van der Waals surface area contributed by atoms with Gasteiger partial charge in [-0.15, -0.1) is 0 Å². The fraction of sp³-hybridized carbons (Fsp3) is 0.600. The molecule has 6 heteroatoms. The van der Waals surface area contributed by atoms with Gasteiger partial charge in [-0.3, -0.25) is 4.21 Å². The van der Waals surface area contributed by atoms with Crippen LogP contribution in [0.3, 0.4) is 0 Å². The van der Waals surface area contributed by atoms with Crippen molar-refractivity contribution in [1.82, 2.24) is 15.3 Å². The average Bonchev–Trinajstić information content (AvgIpc) is 2.74. The molecule has 1 aromatic rings. The van der Waals surface area contributed by atoms with Crippen molar-refractivity contribution in [2.24, 2.45) is 5.92 Å². The van der Waals surface area contributed by atoms with E-state index in [1.165, 1.54) is 0 Å². The molecule has 0 spiro atoms. The lowest BCUT2D eigenvalue weighted by molar-refractivity contribution is 0.627. The lowest BCUT2D eigenvalue weighted by Gasteiger charge is -2.07. The Balaban J connectivity index is 2.05. The summed E-state index contributed by atoms with van der Waals surface area (Å²) in [4.78, 5) is 8.11. The second-order valence-corrected chi connectivity index (χ2v) is 5.74. The van der Waals surface area contributed by atoms with Crippen LogP contribution in [-0.4, -0.2) is 33.0 Å². The van der Waals surface area contributed by atoms with Gasteiger partial charge in [0.2, 0.25) is 5.16 Å². The Morgan fingerprint density at radius 3 is 3.12 bits per heavy atom. The molecule has 1 aliphatic heterocycles. The van der Waals surface area contributed by atoms with Gasteiger partial charge in [0.1, 0.15) is 5.15 Å². The van der Waals surface area contributed by atoms with Crippen LogP contribution >= 0.6 is 11.6 Å². The van der Waals surface area contributed by atoms with Gasteiger partial charge >= 0.3 is 0 Å². The minimum atomic E-state index is -1.14. The van der Waals surface area contributed by atoms with Gasteiger partial charge in [-0.1, -0.05) is 11.6 Å². The first-order valence-electron chi connectivity index (χ1n) is 5.25. The summed E-state index contributed by atoms with van der Waals surface area (Å²) in [6, 6.07) is 0. The van der Waals surface area contributed by atoms with Crippen LogP contribution in [0.2, 0.25) is 5.15 Å². The Bertz CT molecular complexity index is 407. The van der Waals surface area contributed by atoms with Crippen LogP contribution in [0.5, 0.6) is 0 Å². The second-order valence-electron chi connectivity index (χ2n) is 4.00. The summed E-state index contributed by atoms with van der Waals surface area (Å²) in [6.07, 6.45) is 2.70. The molecule has 0 bridgehead atoms. The van der Waals surface area contributed by atoms with E-state index in [-0.39, 0.29) is 0 Å². The number of halogens is 1. The summed E-state index contributed by atoms with van der Waals surface area (Å²) in [5, 5.41) is 3.99. The molecular weight excluding hydrogens is 246 g/mol. The maximum atomic E-state index is 12.0. The average molecular weight is 260 g/mol. The molecule has 1 N–H and O–H groups in total. The molecular formula is C10H14ClN3OS. The van der Waals surface area contributed by atoms with Crippen LogP contribution in [0.1, 0.15) is 12.0 Å². The number of hydrogen-bond acceptors (Lipinski definition) is 4. The largest absolute Gasteiger partial charge is 0.316 e. The van der Waals surface area contributed by atoms with Crippen LogP contribution in [0.25, 0.3) is 0 Å². The molecule has 2 rings (SSSR count). The second kappa shape index (κ2) is 5.21. The highest BCUT2D eigenvalue weighted by Gasteiger charge is 2.19. The molecule has 0 aromatic carbocycles. The van der Waals surface area contributed by atoms with Crippen LogP contribution in [0.4, 0.5) is 0 Å². The molecule has 1 fully saturated rings. The fourth-order valence-electron chi connectivity index (χ4n) is 1.66. The molecule has 16 heavy (non-hydrogen) atoms. The summed E-state index contributed by atoms with van der Waals surface area (Å²) in [7, 11) is -1.14. The SMILES string of the molecule is Cc1cnc([S@](=O)C[C@H]2CCNC2)nc1Cl. The highest BCUT2D eigenvalue weighted by atomic mass is 35.5. The predicted octanol–water partition coefficient (Wildman–Crippen LogP) is 1.16. The van der Waals surface area contributed by atoms with Crippen LogP contribution in [0, 0.1) is 12.8 Å². The minimum absolute atomic E-state index is 0.350. The third-order valence-corrected chi connectivity index (χ3v) is 4.40. The fourth-order valence-corrected chi connectivity index (χ4v) is 3.07. The molecule has 0 saturated carbocycles. The Morgan fingerprint density at radius 1 is 1.69 bits per heavy atom. The molecule has 2 atom stereocenters. The maximum absolute atomic E-state index is 12.0. The first-order chi connectivity index (χ1) is 7.66. The number of aromatic nitrogens is 2. The summed E-state index contributed by atoms with van der Waals surface area (Å²) in [5.41, 5.74) is 0.810. The normalized spacial score (nSPS) is 22.2. The molecule has 1 saturated heterocycles.